The van der Waals surface area contributed by atoms with Gasteiger partial charge in [-0.05, 0) is 42.2 Å². The highest BCUT2D eigenvalue weighted by atomic mass is 19.1. The summed E-state index contributed by atoms with van der Waals surface area (Å²) in [5, 5.41) is 13.0. The van der Waals surface area contributed by atoms with Gasteiger partial charge in [-0.3, -0.25) is 9.69 Å². The topological polar surface area (TPSA) is 55.8 Å². The van der Waals surface area contributed by atoms with Crippen LogP contribution in [-0.4, -0.2) is 61.3 Å². The number of anilines is 1. The smallest absolute Gasteiger partial charge is 0.237 e. The monoisotopic (exact) mass is 427 g/mol. The number of halogens is 1. The standard InChI is InChI=1S/C25H34FN3O2/c1-19(28-13-15-29(16-14-28)22-11-9-21(26)10-12-22)24(31)27-17-23(25(2,3)18-30)20-7-5-4-6-8-20/h4-12,19,23,30H,13-18H2,1-3H3,(H,27,31)/t19-,23-/m1/s1. The SMILES string of the molecule is C[C@H](C(=O)NC[C@H](c1ccccc1)C(C)(C)CO)N1CCN(c2ccc(F)cc2)CC1. The molecule has 1 aliphatic heterocycles. The second-order valence-electron chi connectivity index (χ2n) is 9.03. The number of benzene rings is 2. The Morgan fingerprint density at radius 3 is 2.26 bits per heavy atom. The third-order valence-electron chi connectivity index (χ3n) is 6.47. The Labute approximate surface area is 184 Å². The van der Waals surface area contributed by atoms with Gasteiger partial charge in [0.05, 0.1) is 6.04 Å². The average Bonchev–Trinajstić information content (AvgIpc) is 2.80. The van der Waals surface area contributed by atoms with Crippen molar-refractivity contribution in [3.05, 3.63) is 66.0 Å². The van der Waals surface area contributed by atoms with Crippen LogP contribution < -0.4 is 10.2 Å². The first-order chi connectivity index (χ1) is 14.8. The number of rotatable bonds is 8. The van der Waals surface area contributed by atoms with E-state index >= 15 is 0 Å². The molecular formula is C25H34FN3O2. The van der Waals surface area contributed by atoms with Crippen LogP contribution in [0.1, 0.15) is 32.3 Å². The largest absolute Gasteiger partial charge is 0.396 e. The summed E-state index contributed by atoms with van der Waals surface area (Å²) in [6, 6.07) is 16.4. The summed E-state index contributed by atoms with van der Waals surface area (Å²) >= 11 is 0. The van der Waals surface area contributed by atoms with Gasteiger partial charge >= 0.3 is 0 Å². The zero-order chi connectivity index (χ0) is 22.4. The van der Waals surface area contributed by atoms with E-state index in [-0.39, 0.29) is 35.7 Å². The molecule has 2 aromatic carbocycles. The lowest BCUT2D eigenvalue weighted by Gasteiger charge is -2.39. The third kappa shape index (κ3) is 5.83. The van der Waals surface area contributed by atoms with Crippen molar-refractivity contribution in [3.8, 4) is 0 Å². The fourth-order valence-electron chi connectivity index (χ4n) is 4.18. The molecule has 0 spiro atoms. The van der Waals surface area contributed by atoms with Crippen LogP contribution in [0.5, 0.6) is 0 Å². The van der Waals surface area contributed by atoms with Crippen LogP contribution in [0.15, 0.2) is 54.6 Å². The first kappa shape index (κ1) is 23.2. The highest BCUT2D eigenvalue weighted by Crippen LogP contribution is 2.34. The van der Waals surface area contributed by atoms with E-state index in [0.717, 1.165) is 37.4 Å². The molecule has 6 heteroatoms. The predicted molar refractivity (Wildman–Crippen MR) is 123 cm³/mol. The number of amides is 1. The van der Waals surface area contributed by atoms with E-state index in [1.807, 2.05) is 51.1 Å². The minimum absolute atomic E-state index is 0.00454. The Bertz CT molecular complexity index is 834. The van der Waals surface area contributed by atoms with Crippen LogP contribution in [0.2, 0.25) is 0 Å². The molecular weight excluding hydrogens is 393 g/mol. The average molecular weight is 428 g/mol. The molecule has 3 rings (SSSR count). The third-order valence-corrected chi connectivity index (χ3v) is 6.47. The summed E-state index contributed by atoms with van der Waals surface area (Å²) in [6.07, 6.45) is 0. The number of hydrogen-bond acceptors (Lipinski definition) is 4. The highest BCUT2D eigenvalue weighted by molar-refractivity contribution is 5.81. The molecule has 168 valence electrons. The molecule has 31 heavy (non-hydrogen) atoms. The molecule has 1 amide bonds. The molecule has 0 aromatic heterocycles. The van der Waals surface area contributed by atoms with E-state index in [2.05, 4.69) is 15.1 Å². The summed E-state index contributed by atoms with van der Waals surface area (Å²) in [6.45, 7) is 9.66. The minimum atomic E-state index is -0.349. The molecule has 0 saturated carbocycles. The van der Waals surface area contributed by atoms with E-state index in [0.29, 0.717) is 6.54 Å². The van der Waals surface area contributed by atoms with Gasteiger partial charge in [-0.2, -0.15) is 0 Å². The number of nitrogens with one attached hydrogen (secondary N) is 1. The first-order valence-electron chi connectivity index (χ1n) is 11.0. The lowest BCUT2D eigenvalue weighted by atomic mass is 9.75. The fourth-order valence-corrected chi connectivity index (χ4v) is 4.18. The van der Waals surface area contributed by atoms with Gasteiger partial charge in [0.15, 0.2) is 0 Å². The Morgan fingerprint density at radius 1 is 1.06 bits per heavy atom. The lowest BCUT2D eigenvalue weighted by molar-refractivity contribution is -0.126. The van der Waals surface area contributed by atoms with Crippen molar-refractivity contribution < 1.29 is 14.3 Å². The van der Waals surface area contributed by atoms with Crippen molar-refractivity contribution in [1.82, 2.24) is 10.2 Å². The van der Waals surface area contributed by atoms with E-state index in [1.54, 1.807) is 12.1 Å². The number of piperazine rings is 1. The molecule has 2 aromatic rings. The van der Waals surface area contributed by atoms with E-state index in [4.69, 9.17) is 0 Å². The number of aliphatic hydroxyl groups excluding tert-OH is 1. The molecule has 2 N–H and O–H groups in total. The van der Waals surface area contributed by atoms with Crippen LogP contribution in [0, 0.1) is 11.2 Å². The normalized spacial score (nSPS) is 17.3. The number of carbonyl (C=O) groups is 1. The molecule has 1 heterocycles. The van der Waals surface area contributed by atoms with Crippen LogP contribution in [0.3, 0.4) is 0 Å². The molecule has 0 radical (unpaired) electrons. The summed E-state index contributed by atoms with van der Waals surface area (Å²) < 4.78 is 13.2. The van der Waals surface area contributed by atoms with E-state index < -0.39 is 0 Å². The molecule has 0 aliphatic carbocycles. The molecule has 1 saturated heterocycles. The lowest BCUT2D eigenvalue weighted by Crippen LogP contribution is -2.54. The Morgan fingerprint density at radius 2 is 1.68 bits per heavy atom. The highest BCUT2D eigenvalue weighted by Gasteiger charge is 2.32. The number of carbonyl (C=O) groups excluding carboxylic acids is 1. The maximum Gasteiger partial charge on any atom is 0.237 e. The second kappa shape index (κ2) is 10.2. The van der Waals surface area contributed by atoms with Gasteiger partial charge in [0.2, 0.25) is 5.91 Å². The summed E-state index contributed by atoms with van der Waals surface area (Å²) in [5.74, 6) is -0.207. The van der Waals surface area contributed by atoms with Crippen LogP contribution in [0.4, 0.5) is 10.1 Å². The first-order valence-corrected chi connectivity index (χ1v) is 11.0. The van der Waals surface area contributed by atoms with Gasteiger partial charge in [-0.1, -0.05) is 44.2 Å². The fraction of sp³-hybridized carbons (Fsp3) is 0.480. The molecule has 1 aliphatic rings. The van der Waals surface area contributed by atoms with E-state index in [1.165, 1.54) is 12.1 Å². The zero-order valence-electron chi connectivity index (χ0n) is 18.7. The van der Waals surface area contributed by atoms with Crippen molar-refractivity contribution in [2.45, 2.75) is 32.7 Å². The maximum absolute atomic E-state index is 13.2. The molecule has 1 fully saturated rings. The summed E-state index contributed by atoms with van der Waals surface area (Å²) in [4.78, 5) is 17.3. The number of nitrogens with zero attached hydrogens (tertiary/aromatic N) is 2. The quantitative estimate of drug-likeness (QED) is 0.679. The van der Waals surface area contributed by atoms with Crippen molar-refractivity contribution >= 4 is 11.6 Å². The number of aliphatic hydroxyl groups is 1. The van der Waals surface area contributed by atoms with Crippen molar-refractivity contribution in [1.29, 1.82) is 0 Å². The predicted octanol–water partition coefficient (Wildman–Crippen LogP) is 3.25. The van der Waals surface area contributed by atoms with Gasteiger partial charge in [0.1, 0.15) is 5.82 Å². The van der Waals surface area contributed by atoms with Gasteiger partial charge < -0.3 is 15.3 Å². The Hall–Kier alpha value is -2.44. The van der Waals surface area contributed by atoms with Crippen molar-refractivity contribution in [2.24, 2.45) is 5.41 Å². The molecule has 2 atom stereocenters. The maximum atomic E-state index is 13.2. The van der Waals surface area contributed by atoms with Crippen LogP contribution in [0.25, 0.3) is 0 Å². The van der Waals surface area contributed by atoms with Crippen LogP contribution in [-0.2, 0) is 4.79 Å². The van der Waals surface area contributed by atoms with E-state index in [9.17, 15) is 14.3 Å². The molecule has 0 bridgehead atoms. The van der Waals surface area contributed by atoms with Gasteiger partial charge in [0, 0.05) is 50.9 Å². The van der Waals surface area contributed by atoms with Crippen LogP contribution >= 0.6 is 0 Å². The van der Waals surface area contributed by atoms with Crippen molar-refractivity contribution in [2.75, 3.05) is 44.2 Å². The zero-order valence-corrected chi connectivity index (χ0v) is 18.7. The minimum Gasteiger partial charge on any atom is -0.396 e. The summed E-state index contributed by atoms with van der Waals surface area (Å²) in [5.41, 5.74) is 1.77. The Kier molecular flexibility index (Phi) is 7.68. The summed E-state index contributed by atoms with van der Waals surface area (Å²) in [7, 11) is 0. The Balaban J connectivity index is 1.55. The molecule has 0 unspecified atom stereocenters. The second-order valence-corrected chi connectivity index (χ2v) is 9.03. The van der Waals surface area contributed by atoms with Gasteiger partial charge in [-0.25, -0.2) is 4.39 Å². The van der Waals surface area contributed by atoms with Gasteiger partial charge in [-0.15, -0.1) is 0 Å². The van der Waals surface area contributed by atoms with Crippen molar-refractivity contribution in [3.63, 3.8) is 0 Å². The number of hydrogen-bond donors (Lipinski definition) is 2. The molecule has 5 nitrogen and oxygen atoms in total. The van der Waals surface area contributed by atoms with Gasteiger partial charge in [0.25, 0.3) is 0 Å².